The third kappa shape index (κ3) is 3.71. The topological polar surface area (TPSA) is 78.0 Å². The van der Waals surface area contributed by atoms with E-state index in [-0.39, 0.29) is 40.9 Å². The van der Waals surface area contributed by atoms with Crippen molar-refractivity contribution in [3.63, 3.8) is 0 Å². The lowest BCUT2D eigenvalue weighted by Crippen LogP contribution is -2.52. The van der Waals surface area contributed by atoms with Gasteiger partial charge in [0.05, 0.1) is 27.8 Å². The zero-order valence-corrected chi connectivity index (χ0v) is 18.9. The highest BCUT2D eigenvalue weighted by molar-refractivity contribution is 7.89. The van der Waals surface area contributed by atoms with Crippen molar-refractivity contribution in [1.29, 1.82) is 0 Å². The SMILES string of the molecule is O=C1C(=O)N(CN2CCN(S(=O)(=O)c3ccc4ccccc4c3)CC2)c2c(F)ccc(Cl)c21. The van der Waals surface area contributed by atoms with E-state index < -0.39 is 27.5 Å². The number of hydrogen-bond acceptors (Lipinski definition) is 5. The van der Waals surface area contributed by atoms with Gasteiger partial charge in [-0.05, 0) is 35.0 Å². The van der Waals surface area contributed by atoms with Gasteiger partial charge < -0.3 is 0 Å². The van der Waals surface area contributed by atoms with Gasteiger partial charge in [0.2, 0.25) is 10.0 Å². The predicted molar refractivity (Wildman–Crippen MR) is 122 cm³/mol. The number of nitrogens with zero attached hydrogens (tertiary/aromatic N) is 3. The van der Waals surface area contributed by atoms with E-state index in [4.69, 9.17) is 11.6 Å². The van der Waals surface area contributed by atoms with Crippen LogP contribution in [0.4, 0.5) is 10.1 Å². The molecule has 3 aromatic rings. The molecule has 2 heterocycles. The van der Waals surface area contributed by atoms with E-state index in [1.165, 1.54) is 10.4 Å². The lowest BCUT2D eigenvalue weighted by molar-refractivity contribution is -0.114. The lowest BCUT2D eigenvalue weighted by Gasteiger charge is -2.35. The third-order valence-electron chi connectivity index (χ3n) is 6.05. The molecule has 0 aromatic heterocycles. The number of hydrogen-bond donors (Lipinski definition) is 0. The van der Waals surface area contributed by atoms with Crippen molar-refractivity contribution >= 4 is 49.8 Å². The maximum atomic E-state index is 14.4. The Morgan fingerprint density at radius 3 is 2.33 bits per heavy atom. The van der Waals surface area contributed by atoms with E-state index in [1.807, 2.05) is 29.2 Å². The Morgan fingerprint density at radius 2 is 1.61 bits per heavy atom. The summed E-state index contributed by atoms with van der Waals surface area (Å²) in [6.45, 7) is 1.02. The van der Waals surface area contributed by atoms with Crippen LogP contribution in [0.3, 0.4) is 0 Å². The number of sulfonamides is 1. The first kappa shape index (κ1) is 22.0. The number of ketones is 1. The van der Waals surface area contributed by atoms with Gasteiger partial charge in [0.15, 0.2) is 0 Å². The Kier molecular flexibility index (Phi) is 5.44. The molecule has 10 heteroatoms. The molecule has 0 bridgehead atoms. The minimum atomic E-state index is -3.69. The molecule has 7 nitrogen and oxygen atoms in total. The molecule has 170 valence electrons. The van der Waals surface area contributed by atoms with Gasteiger partial charge in [-0.25, -0.2) is 12.8 Å². The van der Waals surface area contributed by atoms with Crippen molar-refractivity contribution in [3.05, 3.63) is 71.0 Å². The number of carbonyl (C=O) groups is 2. The molecule has 0 saturated carbocycles. The molecule has 0 aliphatic carbocycles. The summed E-state index contributed by atoms with van der Waals surface area (Å²) in [5, 5.41) is 1.83. The fourth-order valence-electron chi connectivity index (χ4n) is 4.28. The largest absolute Gasteiger partial charge is 0.300 e. The fraction of sp³-hybridized carbons (Fsp3) is 0.217. The van der Waals surface area contributed by atoms with Crippen LogP contribution in [0, 0.1) is 5.82 Å². The molecular formula is C23H19ClFN3O4S. The number of amides is 1. The molecule has 0 radical (unpaired) electrons. The monoisotopic (exact) mass is 487 g/mol. The summed E-state index contributed by atoms with van der Waals surface area (Å²) in [4.78, 5) is 27.9. The number of Topliss-reactive ketones (excluding diaryl/α,β-unsaturated/α-hetero) is 1. The Labute approximate surface area is 195 Å². The number of benzene rings is 3. The summed E-state index contributed by atoms with van der Waals surface area (Å²) >= 11 is 6.02. The second-order valence-corrected chi connectivity index (χ2v) is 10.3. The molecular weight excluding hydrogens is 469 g/mol. The molecule has 2 aliphatic rings. The molecule has 1 saturated heterocycles. The zero-order chi connectivity index (χ0) is 23.3. The van der Waals surface area contributed by atoms with E-state index in [0.717, 1.165) is 21.7 Å². The standard InChI is InChI=1S/C23H19ClFN3O4S/c24-18-7-8-19(25)21-20(18)22(29)23(30)28(21)14-26-9-11-27(12-10-26)33(31,32)17-6-5-15-3-1-2-4-16(15)13-17/h1-8,13H,9-12,14H2. The minimum absolute atomic E-state index is 0.0264. The van der Waals surface area contributed by atoms with Crippen LogP contribution in [0.15, 0.2) is 59.5 Å². The number of carbonyl (C=O) groups excluding carboxylic acids is 2. The van der Waals surface area contributed by atoms with E-state index in [9.17, 15) is 22.4 Å². The Morgan fingerprint density at radius 1 is 0.909 bits per heavy atom. The molecule has 1 amide bonds. The smallest absolute Gasteiger partial charge is 0.288 e. The van der Waals surface area contributed by atoms with Gasteiger partial charge in [-0.2, -0.15) is 4.31 Å². The highest BCUT2D eigenvalue weighted by atomic mass is 35.5. The number of fused-ring (bicyclic) bond motifs is 2. The van der Waals surface area contributed by atoms with Crippen molar-refractivity contribution in [1.82, 2.24) is 9.21 Å². The quantitative estimate of drug-likeness (QED) is 0.528. The van der Waals surface area contributed by atoms with Crippen molar-refractivity contribution in [2.45, 2.75) is 4.90 Å². The summed E-state index contributed by atoms with van der Waals surface area (Å²) in [6.07, 6.45) is 0. The van der Waals surface area contributed by atoms with Gasteiger partial charge in [-0.1, -0.05) is 41.9 Å². The zero-order valence-electron chi connectivity index (χ0n) is 17.4. The van der Waals surface area contributed by atoms with Gasteiger partial charge in [0.1, 0.15) is 5.82 Å². The van der Waals surface area contributed by atoms with Gasteiger partial charge in [-0.3, -0.25) is 19.4 Å². The van der Waals surface area contributed by atoms with Crippen LogP contribution in [0.5, 0.6) is 0 Å². The fourth-order valence-corrected chi connectivity index (χ4v) is 5.97. The first-order valence-electron chi connectivity index (χ1n) is 10.3. The average Bonchev–Trinajstić information content (AvgIpc) is 3.07. The number of piperazine rings is 1. The Bertz CT molecular complexity index is 1400. The van der Waals surface area contributed by atoms with Crippen LogP contribution in [0.25, 0.3) is 10.8 Å². The van der Waals surface area contributed by atoms with E-state index in [0.29, 0.717) is 13.1 Å². The predicted octanol–water partition coefficient (Wildman–Crippen LogP) is 3.13. The summed E-state index contributed by atoms with van der Waals surface area (Å²) in [7, 11) is -3.69. The molecule has 5 rings (SSSR count). The summed E-state index contributed by atoms with van der Waals surface area (Å²) in [5.74, 6) is -2.39. The van der Waals surface area contributed by atoms with Crippen LogP contribution in [0.1, 0.15) is 10.4 Å². The molecule has 0 unspecified atom stereocenters. The average molecular weight is 488 g/mol. The molecule has 1 fully saturated rings. The summed E-state index contributed by atoms with van der Waals surface area (Å²) in [5.41, 5.74) is -0.247. The van der Waals surface area contributed by atoms with Crippen molar-refractivity contribution in [2.75, 3.05) is 37.7 Å². The van der Waals surface area contributed by atoms with Gasteiger partial charge in [-0.15, -0.1) is 0 Å². The van der Waals surface area contributed by atoms with E-state index in [1.54, 1.807) is 18.2 Å². The van der Waals surface area contributed by atoms with Gasteiger partial charge in [0, 0.05) is 26.2 Å². The highest BCUT2D eigenvalue weighted by Gasteiger charge is 2.41. The molecule has 0 atom stereocenters. The van der Waals surface area contributed by atoms with Crippen molar-refractivity contribution in [3.8, 4) is 0 Å². The third-order valence-corrected chi connectivity index (χ3v) is 8.26. The van der Waals surface area contributed by atoms with Crippen molar-refractivity contribution in [2.24, 2.45) is 0 Å². The molecule has 0 spiro atoms. The molecule has 3 aromatic carbocycles. The number of rotatable bonds is 4. The van der Waals surface area contributed by atoms with Crippen molar-refractivity contribution < 1.29 is 22.4 Å². The van der Waals surface area contributed by atoms with Crippen LogP contribution in [-0.4, -0.2) is 62.2 Å². The van der Waals surface area contributed by atoms with E-state index >= 15 is 0 Å². The molecule has 2 aliphatic heterocycles. The van der Waals surface area contributed by atoms with Gasteiger partial charge >= 0.3 is 5.91 Å². The maximum absolute atomic E-state index is 14.4. The number of halogens is 2. The van der Waals surface area contributed by atoms with E-state index in [2.05, 4.69) is 0 Å². The van der Waals surface area contributed by atoms with Crippen LogP contribution < -0.4 is 4.90 Å². The minimum Gasteiger partial charge on any atom is -0.288 e. The maximum Gasteiger partial charge on any atom is 0.300 e. The summed E-state index contributed by atoms with van der Waals surface area (Å²) in [6, 6.07) is 15.0. The van der Waals surface area contributed by atoms with Crippen LogP contribution in [-0.2, 0) is 14.8 Å². The molecule has 33 heavy (non-hydrogen) atoms. The first-order chi connectivity index (χ1) is 15.8. The number of anilines is 1. The van der Waals surface area contributed by atoms with Crippen LogP contribution >= 0.6 is 11.6 Å². The second kappa shape index (κ2) is 8.18. The normalized spacial score (nSPS) is 17.7. The first-order valence-corrected chi connectivity index (χ1v) is 12.1. The van der Waals surface area contributed by atoms with Gasteiger partial charge in [0.25, 0.3) is 5.78 Å². The highest BCUT2D eigenvalue weighted by Crippen LogP contribution is 2.36. The van der Waals surface area contributed by atoms with Crippen LogP contribution in [0.2, 0.25) is 5.02 Å². The Balaban J connectivity index is 1.31. The second-order valence-electron chi connectivity index (χ2n) is 7.99. The molecule has 0 N–H and O–H groups in total. The summed E-state index contributed by atoms with van der Waals surface area (Å²) < 4.78 is 42.1. The Hall–Kier alpha value is -2.85. The lowest BCUT2D eigenvalue weighted by atomic mass is 10.1.